The van der Waals surface area contributed by atoms with E-state index in [4.69, 9.17) is 19.9 Å². The fraction of sp³-hybridized carbons (Fsp3) is 0.462. The molecule has 0 aliphatic heterocycles. The number of unbranched alkanes of at least 4 members (excludes halogenated alkanes) is 2. The molecule has 5 N–H and O–H groups in total. The lowest BCUT2D eigenvalue weighted by Crippen LogP contribution is -2.27. The molecule has 0 aliphatic rings. The van der Waals surface area contributed by atoms with E-state index in [9.17, 15) is 14.4 Å². The number of hydrogen-bond donors (Lipinski definition) is 4. The third kappa shape index (κ3) is 9.94. The number of thiazole rings is 1. The number of methoxy groups -OCH3 is 1. The van der Waals surface area contributed by atoms with Crippen LogP contribution in [0.3, 0.4) is 0 Å². The third-order valence-corrected chi connectivity index (χ3v) is 6.37. The van der Waals surface area contributed by atoms with Gasteiger partial charge in [-0.3, -0.25) is 18.8 Å². The number of anilines is 1. The average molecular weight is 561 g/mol. The number of nitrogens with one attached hydrogen (secondary N) is 3. The van der Waals surface area contributed by atoms with Crippen LogP contribution < -0.4 is 26.4 Å². The molecule has 0 spiro atoms. The smallest absolute Gasteiger partial charge is 0.275 e. The highest BCUT2D eigenvalue weighted by molar-refractivity contribution is 7.15. The van der Waals surface area contributed by atoms with Crippen LogP contribution in [0.25, 0.3) is 4.96 Å². The number of rotatable bonds is 18. The van der Waals surface area contributed by atoms with Crippen molar-refractivity contribution in [3.8, 4) is 5.75 Å². The Morgan fingerprint density at radius 3 is 2.59 bits per heavy atom. The number of aromatic nitrogens is 2. The molecule has 13 heteroatoms. The van der Waals surface area contributed by atoms with E-state index >= 15 is 0 Å². The molecule has 0 saturated carbocycles. The zero-order chi connectivity index (χ0) is 27.9. The maximum Gasteiger partial charge on any atom is 0.275 e. The van der Waals surface area contributed by atoms with Crippen molar-refractivity contribution >= 4 is 39.7 Å². The van der Waals surface area contributed by atoms with Crippen LogP contribution in [0.1, 0.15) is 46.5 Å². The average Bonchev–Trinajstić information content (AvgIpc) is 3.55. The van der Waals surface area contributed by atoms with Gasteiger partial charge in [0.25, 0.3) is 11.8 Å². The Kier molecular flexibility index (Phi) is 12.7. The maximum atomic E-state index is 12.8. The first-order valence-corrected chi connectivity index (χ1v) is 13.7. The number of benzene rings is 1. The Balaban J connectivity index is 1.33. The van der Waals surface area contributed by atoms with Crippen LogP contribution in [0.5, 0.6) is 5.75 Å². The van der Waals surface area contributed by atoms with Gasteiger partial charge in [-0.2, -0.15) is 0 Å². The van der Waals surface area contributed by atoms with Crippen LogP contribution in [0, 0.1) is 0 Å². The zero-order valence-electron chi connectivity index (χ0n) is 22.1. The Labute approximate surface area is 231 Å². The number of nitrogens with two attached hydrogens (primary N) is 1. The molecule has 1 aromatic carbocycles. The van der Waals surface area contributed by atoms with Gasteiger partial charge in [0.05, 0.1) is 39.1 Å². The van der Waals surface area contributed by atoms with Crippen LogP contribution in [-0.2, 0) is 14.3 Å². The van der Waals surface area contributed by atoms with Gasteiger partial charge >= 0.3 is 0 Å². The van der Waals surface area contributed by atoms with Crippen molar-refractivity contribution < 1.29 is 28.6 Å². The SMILES string of the molecule is COc1ccc(NC(=O)c2cn3ccsc3n2)cc1C(=O)NCCCCCC(=O)NCCOCCOCCN. The topological polar surface area (TPSA) is 158 Å². The minimum atomic E-state index is -0.369. The molecular formula is C26H36N6O6S. The van der Waals surface area contributed by atoms with Crippen molar-refractivity contribution in [2.24, 2.45) is 5.73 Å². The summed E-state index contributed by atoms with van der Waals surface area (Å²) >= 11 is 1.44. The highest BCUT2D eigenvalue weighted by atomic mass is 32.1. The van der Waals surface area contributed by atoms with Gasteiger partial charge in [-0.25, -0.2) is 4.98 Å². The van der Waals surface area contributed by atoms with Crippen molar-refractivity contribution in [2.75, 3.05) is 58.5 Å². The lowest BCUT2D eigenvalue weighted by molar-refractivity contribution is -0.121. The van der Waals surface area contributed by atoms with Gasteiger partial charge in [-0.15, -0.1) is 11.3 Å². The molecule has 0 aliphatic carbocycles. The summed E-state index contributed by atoms with van der Waals surface area (Å²) in [6, 6.07) is 4.88. The van der Waals surface area contributed by atoms with Gasteiger partial charge < -0.3 is 35.9 Å². The summed E-state index contributed by atoms with van der Waals surface area (Å²) in [4.78, 5) is 42.3. The second kappa shape index (κ2) is 16.4. The van der Waals surface area contributed by atoms with Gasteiger partial charge in [0.1, 0.15) is 11.4 Å². The highest BCUT2D eigenvalue weighted by Gasteiger charge is 2.16. The molecule has 39 heavy (non-hydrogen) atoms. The van der Waals surface area contributed by atoms with Crippen molar-refractivity contribution in [1.29, 1.82) is 0 Å². The van der Waals surface area contributed by atoms with E-state index in [1.807, 2.05) is 11.6 Å². The summed E-state index contributed by atoms with van der Waals surface area (Å²) in [6.07, 6.45) is 6.12. The number of hydrogen-bond acceptors (Lipinski definition) is 9. The first-order valence-electron chi connectivity index (χ1n) is 12.8. The standard InChI is InChI=1S/C26H36N6O6S/c1-36-22-7-6-19(30-25(35)21-18-32-11-16-39-26(32)31-21)17-20(22)24(34)29-9-4-2-3-5-23(33)28-10-13-38-15-14-37-12-8-27/h6-7,11,16-18H,2-5,8-10,12-15,27H2,1H3,(H,28,33)(H,29,34)(H,30,35). The second-order valence-corrected chi connectivity index (χ2v) is 9.39. The van der Waals surface area contributed by atoms with Crippen molar-refractivity contribution in [1.82, 2.24) is 20.0 Å². The monoisotopic (exact) mass is 560 g/mol. The first kappa shape index (κ1) is 30.0. The van der Waals surface area contributed by atoms with E-state index in [1.165, 1.54) is 18.4 Å². The maximum absolute atomic E-state index is 12.8. The molecule has 0 bridgehead atoms. The van der Waals surface area contributed by atoms with Crippen molar-refractivity contribution in [3.63, 3.8) is 0 Å². The number of ether oxygens (including phenoxy) is 3. The van der Waals surface area contributed by atoms with Crippen molar-refractivity contribution in [2.45, 2.75) is 25.7 Å². The number of fused-ring (bicyclic) bond motifs is 1. The zero-order valence-corrected chi connectivity index (χ0v) is 22.9. The Morgan fingerprint density at radius 1 is 1.00 bits per heavy atom. The molecule has 3 aromatic rings. The number of imidazole rings is 1. The Hall–Kier alpha value is -3.52. The largest absolute Gasteiger partial charge is 0.496 e. The number of amides is 3. The highest BCUT2D eigenvalue weighted by Crippen LogP contribution is 2.23. The number of nitrogens with zero attached hydrogens (tertiary/aromatic N) is 2. The van der Waals surface area contributed by atoms with Gasteiger partial charge in [-0.05, 0) is 31.0 Å². The van der Waals surface area contributed by atoms with E-state index in [2.05, 4.69) is 20.9 Å². The van der Waals surface area contributed by atoms with E-state index in [1.54, 1.807) is 28.8 Å². The molecule has 0 fully saturated rings. The lowest BCUT2D eigenvalue weighted by atomic mass is 10.1. The fourth-order valence-corrected chi connectivity index (χ4v) is 4.34. The predicted octanol–water partition coefficient (Wildman–Crippen LogP) is 2.06. The molecule has 3 rings (SSSR count). The summed E-state index contributed by atoms with van der Waals surface area (Å²) in [7, 11) is 1.48. The van der Waals surface area contributed by atoms with E-state index in [0.717, 1.165) is 17.8 Å². The van der Waals surface area contributed by atoms with Gasteiger partial charge in [0, 0.05) is 49.5 Å². The summed E-state index contributed by atoms with van der Waals surface area (Å²) in [5.74, 6) is -0.304. The van der Waals surface area contributed by atoms with Gasteiger partial charge in [-0.1, -0.05) is 6.42 Å². The molecule has 0 saturated heterocycles. The molecule has 3 amide bonds. The third-order valence-electron chi connectivity index (χ3n) is 5.60. The Morgan fingerprint density at radius 2 is 1.82 bits per heavy atom. The quantitative estimate of drug-likeness (QED) is 0.172. The second-order valence-electron chi connectivity index (χ2n) is 8.52. The number of carbonyl (C=O) groups is 3. The molecular weight excluding hydrogens is 524 g/mol. The number of carbonyl (C=O) groups excluding carboxylic acids is 3. The Bertz CT molecular complexity index is 1180. The minimum Gasteiger partial charge on any atom is -0.496 e. The first-order chi connectivity index (χ1) is 19.0. The molecule has 0 radical (unpaired) electrons. The van der Waals surface area contributed by atoms with Crippen LogP contribution in [0.15, 0.2) is 36.0 Å². The lowest BCUT2D eigenvalue weighted by Gasteiger charge is -2.12. The molecule has 2 heterocycles. The molecule has 12 nitrogen and oxygen atoms in total. The summed E-state index contributed by atoms with van der Waals surface area (Å²) in [5, 5.41) is 10.4. The van der Waals surface area contributed by atoms with Crippen molar-refractivity contribution in [3.05, 3.63) is 47.2 Å². The normalized spacial score (nSPS) is 10.9. The van der Waals surface area contributed by atoms with Gasteiger partial charge in [0.15, 0.2) is 4.96 Å². The summed E-state index contributed by atoms with van der Waals surface area (Å²) < 4.78 is 17.7. The van der Waals surface area contributed by atoms with E-state index in [-0.39, 0.29) is 23.4 Å². The van der Waals surface area contributed by atoms with Crippen LogP contribution in [0.2, 0.25) is 0 Å². The van der Waals surface area contributed by atoms with Crippen LogP contribution in [0.4, 0.5) is 5.69 Å². The van der Waals surface area contributed by atoms with E-state index in [0.29, 0.717) is 75.9 Å². The fourth-order valence-electron chi connectivity index (χ4n) is 3.64. The molecule has 212 valence electrons. The molecule has 0 atom stereocenters. The minimum absolute atomic E-state index is 0.0269. The predicted molar refractivity (Wildman–Crippen MR) is 149 cm³/mol. The molecule has 2 aromatic heterocycles. The van der Waals surface area contributed by atoms with Gasteiger partial charge in [0.2, 0.25) is 5.91 Å². The molecule has 0 unspecified atom stereocenters. The van der Waals surface area contributed by atoms with Crippen LogP contribution in [-0.4, -0.2) is 80.3 Å². The summed E-state index contributed by atoms with van der Waals surface area (Å²) in [6.45, 7) is 3.29. The summed E-state index contributed by atoms with van der Waals surface area (Å²) in [5.41, 5.74) is 6.39. The van der Waals surface area contributed by atoms with E-state index < -0.39 is 0 Å². The van der Waals surface area contributed by atoms with Crippen LogP contribution >= 0.6 is 11.3 Å².